The molecular formula is C18H27NO4. The molecule has 5 heteroatoms. The number of ether oxygens (including phenoxy) is 1. The van der Waals surface area contributed by atoms with Gasteiger partial charge in [0.05, 0.1) is 12.2 Å². The van der Waals surface area contributed by atoms with Crippen LogP contribution in [-0.2, 0) is 17.8 Å². The van der Waals surface area contributed by atoms with Gasteiger partial charge in [-0.05, 0) is 44.7 Å². The van der Waals surface area contributed by atoms with Gasteiger partial charge in [0.25, 0.3) is 0 Å². The van der Waals surface area contributed by atoms with Crippen molar-refractivity contribution in [2.45, 2.75) is 57.8 Å². The number of likely N-dealkylation sites (tertiary alicyclic amines) is 1. The Morgan fingerprint density at radius 3 is 2.30 bits per heavy atom. The van der Waals surface area contributed by atoms with Crippen LogP contribution in [0.2, 0.25) is 0 Å². The summed E-state index contributed by atoms with van der Waals surface area (Å²) in [6.45, 7) is 6.46. The van der Waals surface area contributed by atoms with E-state index in [1.54, 1.807) is 4.90 Å². The maximum absolute atomic E-state index is 12.1. The minimum atomic E-state index is -0.843. The molecule has 1 aliphatic heterocycles. The van der Waals surface area contributed by atoms with Crippen molar-refractivity contribution in [3.05, 3.63) is 35.4 Å². The molecule has 23 heavy (non-hydrogen) atoms. The second-order valence-electron chi connectivity index (χ2n) is 7.30. The molecule has 0 spiro atoms. The number of benzene rings is 1. The second-order valence-corrected chi connectivity index (χ2v) is 7.30. The number of piperidine rings is 1. The van der Waals surface area contributed by atoms with Crippen LogP contribution in [0.25, 0.3) is 0 Å². The van der Waals surface area contributed by atoms with Crippen molar-refractivity contribution < 1.29 is 19.7 Å². The third-order valence-corrected chi connectivity index (χ3v) is 4.15. The first-order valence-electron chi connectivity index (χ1n) is 8.10. The molecule has 1 saturated heterocycles. The summed E-state index contributed by atoms with van der Waals surface area (Å²) in [6, 6.07) is 7.59. The molecular weight excluding hydrogens is 294 g/mol. The van der Waals surface area contributed by atoms with Crippen LogP contribution in [0.3, 0.4) is 0 Å². The molecule has 1 heterocycles. The van der Waals surface area contributed by atoms with E-state index in [0.29, 0.717) is 32.4 Å². The fourth-order valence-corrected chi connectivity index (χ4v) is 2.85. The lowest BCUT2D eigenvalue weighted by Gasteiger charge is -2.39. The summed E-state index contributed by atoms with van der Waals surface area (Å²) in [6.07, 6.45) is 1.18. The zero-order chi connectivity index (χ0) is 17.1. The molecule has 1 aromatic carbocycles. The van der Waals surface area contributed by atoms with Gasteiger partial charge in [-0.1, -0.05) is 24.3 Å². The number of hydrogen-bond donors (Lipinski definition) is 2. The summed E-state index contributed by atoms with van der Waals surface area (Å²) in [5.74, 6) is 0. The summed E-state index contributed by atoms with van der Waals surface area (Å²) in [5, 5.41) is 20.2. The fourth-order valence-electron chi connectivity index (χ4n) is 2.85. The van der Waals surface area contributed by atoms with E-state index in [1.165, 1.54) is 0 Å². The highest BCUT2D eigenvalue weighted by atomic mass is 16.6. The monoisotopic (exact) mass is 321 g/mol. The van der Waals surface area contributed by atoms with Gasteiger partial charge in [-0.3, -0.25) is 0 Å². The van der Waals surface area contributed by atoms with E-state index in [2.05, 4.69) is 0 Å². The van der Waals surface area contributed by atoms with Crippen molar-refractivity contribution in [2.24, 2.45) is 0 Å². The van der Waals surface area contributed by atoms with Gasteiger partial charge in [0, 0.05) is 19.5 Å². The quantitative estimate of drug-likeness (QED) is 0.897. The largest absolute Gasteiger partial charge is 0.444 e. The van der Waals surface area contributed by atoms with Gasteiger partial charge in [-0.15, -0.1) is 0 Å². The van der Waals surface area contributed by atoms with Crippen molar-refractivity contribution in [3.8, 4) is 0 Å². The topological polar surface area (TPSA) is 70.0 Å². The lowest BCUT2D eigenvalue weighted by molar-refractivity contribution is -0.0316. The molecule has 0 bridgehead atoms. The molecule has 128 valence electrons. The van der Waals surface area contributed by atoms with Gasteiger partial charge in [0.1, 0.15) is 5.60 Å². The SMILES string of the molecule is CC(C)(C)OC(=O)N1CCC(O)(Cc2ccccc2CO)CC1. The molecule has 1 fully saturated rings. The zero-order valence-corrected chi connectivity index (χ0v) is 14.2. The Labute approximate surface area is 137 Å². The highest BCUT2D eigenvalue weighted by Gasteiger charge is 2.35. The van der Waals surface area contributed by atoms with Crippen LogP contribution in [0.4, 0.5) is 4.79 Å². The fraction of sp³-hybridized carbons (Fsp3) is 0.611. The highest BCUT2D eigenvalue weighted by molar-refractivity contribution is 5.68. The van der Waals surface area contributed by atoms with Crippen molar-refractivity contribution in [1.82, 2.24) is 4.90 Å². The average molecular weight is 321 g/mol. The Morgan fingerprint density at radius 2 is 1.78 bits per heavy atom. The third kappa shape index (κ3) is 4.94. The number of hydrogen-bond acceptors (Lipinski definition) is 4. The minimum absolute atomic E-state index is 0.0315. The Hall–Kier alpha value is -1.59. The third-order valence-electron chi connectivity index (χ3n) is 4.15. The molecule has 1 aliphatic rings. The Balaban J connectivity index is 1.96. The van der Waals surface area contributed by atoms with Gasteiger partial charge in [0.2, 0.25) is 0 Å². The molecule has 0 saturated carbocycles. The van der Waals surface area contributed by atoms with E-state index in [4.69, 9.17) is 4.74 Å². The first-order chi connectivity index (χ1) is 10.7. The first-order valence-corrected chi connectivity index (χ1v) is 8.10. The molecule has 1 amide bonds. The van der Waals surface area contributed by atoms with E-state index < -0.39 is 11.2 Å². The van der Waals surface area contributed by atoms with Crippen LogP contribution in [-0.4, -0.2) is 45.5 Å². The molecule has 0 unspecified atom stereocenters. The molecule has 5 nitrogen and oxygen atoms in total. The lowest BCUT2D eigenvalue weighted by Crippen LogP contribution is -2.49. The van der Waals surface area contributed by atoms with Crippen molar-refractivity contribution in [2.75, 3.05) is 13.1 Å². The lowest BCUT2D eigenvalue weighted by atomic mass is 9.84. The predicted molar refractivity (Wildman–Crippen MR) is 88.1 cm³/mol. The number of amides is 1. The summed E-state index contributed by atoms with van der Waals surface area (Å²) >= 11 is 0. The Morgan fingerprint density at radius 1 is 1.22 bits per heavy atom. The number of carbonyl (C=O) groups excluding carboxylic acids is 1. The second kappa shape index (κ2) is 6.89. The average Bonchev–Trinajstić information content (AvgIpc) is 2.46. The number of nitrogens with zero attached hydrogens (tertiary/aromatic N) is 1. The summed E-state index contributed by atoms with van der Waals surface area (Å²) in [4.78, 5) is 13.7. The molecule has 2 N–H and O–H groups in total. The van der Waals surface area contributed by atoms with Gasteiger partial charge in [-0.2, -0.15) is 0 Å². The van der Waals surface area contributed by atoms with Crippen molar-refractivity contribution >= 4 is 6.09 Å². The normalized spacial score (nSPS) is 17.9. The maximum atomic E-state index is 12.1. The molecule has 0 aromatic heterocycles. The van der Waals surface area contributed by atoms with Crippen molar-refractivity contribution in [3.63, 3.8) is 0 Å². The van der Waals surface area contributed by atoms with Gasteiger partial charge in [-0.25, -0.2) is 4.79 Å². The summed E-state index contributed by atoms with van der Waals surface area (Å²) in [7, 11) is 0. The molecule has 0 aliphatic carbocycles. The molecule has 0 atom stereocenters. The van der Waals surface area contributed by atoms with E-state index in [-0.39, 0.29) is 12.7 Å². The standard InChI is InChI=1S/C18H27NO4/c1-17(2,3)23-16(21)19-10-8-18(22,9-11-19)12-14-6-4-5-7-15(14)13-20/h4-7,20,22H,8-13H2,1-3H3. The molecule has 2 rings (SSSR count). The van der Waals surface area contributed by atoms with Crippen LogP contribution < -0.4 is 0 Å². The van der Waals surface area contributed by atoms with Crippen LogP contribution in [0.5, 0.6) is 0 Å². The van der Waals surface area contributed by atoms with Gasteiger partial charge >= 0.3 is 6.09 Å². The Bertz CT molecular complexity index is 542. The summed E-state index contributed by atoms with van der Waals surface area (Å²) in [5.41, 5.74) is 0.452. The number of aliphatic hydroxyl groups is 2. The highest BCUT2D eigenvalue weighted by Crippen LogP contribution is 2.28. The van der Waals surface area contributed by atoms with E-state index in [0.717, 1.165) is 11.1 Å². The number of rotatable bonds is 3. The van der Waals surface area contributed by atoms with Crippen LogP contribution >= 0.6 is 0 Å². The smallest absolute Gasteiger partial charge is 0.410 e. The first kappa shape index (κ1) is 17.8. The minimum Gasteiger partial charge on any atom is -0.444 e. The molecule has 0 radical (unpaired) electrons. The number of carbonyl (C=O) groups is 1. The van der Waals surface area contributed by atoms with E-state index in [1.807, 2.05) is 45.0 Å². The van der Waals surface area contributed by atoms with Crippen LogP contribution in [0.15, 0.2) is 24.3 Å². The van der Waals surface area contributed by atoms with Crippen LogP contribution in [0.1, 0.15) is 44.7 Å². The molecule has 1 aromatic rings. The van der Waals surface area contributed by atoms with Crippen LogP contribution in [0, 0.1) is 0 Å². The van der Waals surface area contributed by atoms with Gasteiger partial charge < -0.3 is 19.8 Å². The van der Waals surface area contributed by atoms with Gasteiger partial charge in [0.15, 0.2) is 0 Å². The number of aliphatic hydroxyl groups excluding tert-OH is 1. The van der Waals surface area contributed by atoms with E-state index in [9.17, 15) is 15.0 Å². The van der Waals surface area contributed by atoms with Crippen molar-refractivity contribution in [1.29, 1.82) is 0 Å². The van der Waals surface area contributed by atoms with E-state index >= 15 is 0 Å². The summed E-state index contributed by atoms with van der Waals surface area (Å²) < 4.78 is 5.37. The Kier molecular flexibility index (Phi) is 5.32. The maximum Gasteiger partial charge on any atom is 0.410 e. The predicted octanol–water partition coefficient (Wildman–Crippen LogP) is 2.48. The zero-order valence-electron chi connectivity index (χ0n) is 14.2.